The minimum atomic E-state index is -0.886. The zero-order valence-electron chi connectivity index (χ0n) is 18.8. The highest BCUT2D eigenvalue weighted by atomic mass is 16.6. The fourth-order valence-electron chi connectivity index (χ4n) is 3.92. The van der Waals surface area contributed by atoms with Gasteiger partial charge in [-0.1, -0.05) is 26.2 Å². The van der Waals surface area contributed by atoms with Crippen LogP contribution < -0.4 is 10.1 Å². The van der Waals surface area contributed by atoms with E-state index in [0.717, 1.165) is 25.7 Å². The summed E-state index contributed by atoms with van der Waals surface area (Å²) in [5.41, 5.74) is 0.454. The van der Waals surface area contributed by atoms with Crippen molar-refractivity contribution < 1.29 is 28.6 Å². The molecular formula is C24H34N2O6. The Kier molecular flexibility index (Phi) is 9.34. The highest BCUT2D eigenvalue weighted by Gasteiger charge is 2.35. The summed E-state index contributed by atoms with van der Waals surface area (Å²) in [5, 5.41) is 2.73. The number of hydrogen-bond donors (Lipinski definition) is 1. The number of ether oxygens (including phenoxy) is 3. The van der Waals surface area contributed by atoms with E-state index in [9.17, 15) is 14.4 Å². The quantitative estimate of drug-likeness (QED) is 0.415. The van der Waals surface area contributed by atoms with Gasteiger partial charge in [0.05, 0.1) is 19.1 Å². The normalized spacial score (nSPS) is 20.7. The Morgan fingerprint density at radius 2 is 2.00 bits per heavy atom. The van der Waals surface area contributed by atoms with Crippen molar-refractivity contribution in [2.24, 2.45) is 0 Å². The summed E-state index contributed by atoms with van der Waals surface area (Å²) in [6.45, 7) is 4.37. The lowest BCUT2D eigenvalue weighted by Crippen LogP contribution is -2.57. The third kappa shape index (κ3) is 6.95. The van der Waals surface area contributed by atoms with Crippen LogP contribution >= 0.6 is 0 Å². The van der Waals surface area contributed by atoms with Crippen molar-refractivity contribution in [1.29, 1.82) is 0 Å². The summed E-state index contributed by atoms with van der Waals surface area (Å²) in [6.07, 6.45) is 6.08. The highest BCUT2D eigenvalue weighted by molar-refractivity contribution is 5.99. The number of hydrogen-bond acceptors (Lipinski definition) is 6. The van der Waals surface area contributed by atoms with E-state index in [0.29, 0.717) is 37.6 Å². The molecule has 2 aliphatic heterocycles. The first-order valence-corrected chi connectivity index (χ1v) is 11.7. The van der Waals surface area contributed by atoms with Crippen LogP contribution in [0.3, 0.4) is 0 Å². The van der Waals surface area contributed by atoms with Gasteiger partial charge in [-0.3, -0.25) is 14.4 Å². The van der Waals surface area contributed by atoms with Gasteiger partial charge in [-0.25, -0.2) is 0 Å². The number of rotatable bonds is 11. The minimum Gasteiger partial charge on any atom is -0.494 e. The summed E-state index contributed by atoms with van der Waals surface area (Å²) in [7, 11) is 0. The standard InChI is InChI=1S/C24H34N2O6/c1-2-3-4-5-14-30-19-10-8-18(9-11-19)24(29)26-13-12-25-23(28)21(26)16-22(27)32-17-20-7-6-15-31-20/h8-11,20-21H,2-7,12-17H2,1H3,(H,25,28). The van der Waals surface area contributed by atoms with Crippen LogP contribution in [-0.4, -0.2) is 67.7 Å². The molecule has 1 aromatic rings. The minimum absolute atomic E-state index is 0.0794. The summed E-state index contributed by atoms with van der Waals surface area (Å²) < 4.78 is 16.5. The number of carbonyl (C=O) groups is 3. The van der Waals surface area contributed by atoms with Crippen LogP contribution in [0.5, 0.6) is 5.75 Å². The van der Waals surface area contributed by atoms with Gasteiger partial charge in [0.15, 0.2) is 0 Å². The number of esters is 1. The largest absolute Gasteiger partial charge is 0.494 e. The molecule has 0 spiro atoms. The molecule has 2 aliphatic rings. The molecule has 2 amide bonds. The van der Waals surface area contributed by atoms with E-state index in [-0.39, 0.29) is 30.9 Å². The van der Waals surface area contributed by atoms with Gasteiger partial charge >= 0.3 is 5.97 Å². The topological polar surface area (TPSA) is 94.2 Å². The molecule has 0 saturated carbocycles. The number of piperazine rings is 1. The molecule has 2 saturated heterocycles. The van der Waals surface area contributed by atoms with Crippen LogP contribution in [-0.2, 0) is 19.1 Å². The van der Waals surface area contributed by atoms with Gasteiger partial charge in [-0.2, -0.15) is 0 Å². The molecule has 0 bridgehead atoms. The van der Waals surface area contributed by atoms with E-state index < -0.39 is 12.0 Å². The average Bonchev–Trinajstić information content (AvgIpc) is 3.33. The van der Waals surface area contributed by atoms with Gasteiger partial charge in [-0.05, 0) is 43.5 Å². The number of carbonyl (C=O) groups excluding carboxylic acids is 3. The lowest BCUT2D eigenvalue weighted by Gasteiger charge is -2.34. The van der Waals surface area contributed by atoms with Crippen molar-refractivity contribution >= 4 is 17.8 Å². The Hall–Kier alpha value is -2.61. The molecule has 0 aromatic heterocycles. The molecule has 1 N–H and O–H groups in total. The molecule has 2 unspecified atom stereocenters. The molecule has 32 heavy (non-hydrogen) atoms. The smallest absolute Gasteiger partial charge is 0.308 e. The van der Waals surface area contributed by atoms with Gasteiger partial charge in [0, 0.05) is 25.3 Å². The van der Waals surface area contributed by atoms with Crippen molar-refractivity contribution in [3.8, 4) is 5.75 Å². The second-order valence-electron chi connectivity index (χ2n) is 8.26. The predicted molar refractivity (Wildman–Crippen MR) is 118 cm³/mol. The maximum atomic E-state index is 13.1. The molecule has 1 aromatic carbocycles. The van der Waals surface area contributed by atoms with Gasteiger partial charge < -0.3 is 24.4 Å². The summed E-state index contributed by atoms with van der Waals surface area (Å²) in [6, 6.07) is 6.04. The molecule has 8 heteroatoms. The Morgan fingerprint density at radius 3 is 2.72 bits per heavy atom. The fourth-order valence-corrected chi connectivity index (χ4v) is 3.92. The van der Waals surface area contributed by atoms with Crippen LogP contribution in [0, 0.1) is 0 Å². The van der Waals surface area contributed by atoms with Crippen molar-refractivity contribution in [2.75, 3.05) is 32.9 Å². The Labute approximate surface area is 189 Å². The zero-order valence-corrected chi connectivity index (χ0v) is 18.8. The molecule has 0 radical (unpaired) electrons. The number of nitrogens with zero attached hydrogens (tertiary/aromatic N) is 1. The van der Waals surface area contributed by atoms with E-state index in [1.54, 1.807) is 24.3 Å². The SMILES string of the molecule is CCCCCCOc1ccc(C(=O)N2CCNC(=O)C2CC(=O)OCC2CCCO2)cc1. The molecule has 0 aliphatic carbocycles. The fraction of sp³-hybridized carbons (Fsp3) is 0.625. The van der Waals surface area contributed by atoms with Crippen LogP contribution in [0.4, 0.5) is 0 Å². The maximum absolute atomic E-state index is 13.1. The second-order valence-corrected chi connectivity index (χ2v) is 8.26. The van der Waals surface area contributed by atoms with Crippen LogP contribution in [0.1, 0.15) is 62.2 Å². The maximum Gasteiger partial charge on any atom is 0.308 e. The summed E-state index contributed by atoms with van der Waals surface area (Å²) >= 11 is 0. The Morgan fingerprint density at radius 1 is 1.19 bits per heavy atom. The molecule has 8 nitrogen and oxygen atoms in total. The van der Waals surface area contributed by atoms with Gasteiger partial charge in [0.1, 0.15) is 18.4 Å². The molecule has 2 atom stereocenters. The molecule has 3 rings (SSSR count). The molecule has 176 valence electrons. The van der Waals surface area contributed by atoms with Crippen molar-refractivity contribution in [2.45, 2.75) is 64.0 Å². The van der Waals surface area contributed by atoms with Crippen molar-refractivity contribution in [1.82, 2.24) is 10.2 Å². The van der Waals surface area contributed by atoms with Crippen molar-refractivity contribution in [3.05, 3.63) is 29.8 Å². The van der Waals surface area contributed by atoms with E-state index >= 15 is 0 Å². The molecule has 2 heterocycles. The lowest BCUT2D eigenvalue weighted by molar-refractivity contribution is -0.150. The molecular weight excluding hydrogens is 412 g/mol. The third-order valence-corrected chi connectivity index (χ3v) is 5.77. The number of unbranched alkanes of at least 4 members (excludes halogenated alkanes) is 3. The van der Waals surface area contributed by atoms with E-state index in [1.165, 1.54) is 17.7 Å². The van der Waals surface area contributed by atoms with Crippen LogP contribution in [0.2, 0.25) is 0 Å². The van der Waals surface area contributed by atoms with Gasteiger partial charge in [-0.15, -0.1) is 0 Å². The number of amides is 2. The predicted octanol–water partition coefficient (Wildman–Crippen LogP) is 2.70. The van der Waals surface area contributed by atoms with Gasteiger partial charge in [0.2, 0.25) is 5.91 Å². The summed E-state index contributed by atoms with van der Waals surface area (Å²) in [5.74, 6) is -0.423. The second kappa shape index (κ2) is 12.4. The van der Waals surface area contributed by atoms with E-state index in [1.807, 2.05) is 0 Å². The number of nitrogens with one attached hydrogen (secondary N) is 1. The third-order valence-electron chi connectivity index (χ3n) is 5.77. The average molecular weight is 447 g/mol. The molecule has 2 fully saturated rings. The first kappa shape index (κ1) is 24.0. The van der Waals surface area contributed by atoms with Crippen molar-refractivity contribution in [3.63, 3.8) is 0 Å². The highest BCUT2D eigenvalue weighted by Crippen LogP contribution is 2.19. The monoisotopic (exact) mass is 446 g/mol. The van der Waals surface area contributed by atoms with E-state index in [2.05, 4.69) is 12.2 Å². The van der Waals surface area contributed by atoms with Crippen LogP contribution in [0.15, 0.2) is 24.3 Å². The Balaban J connectivity index is 1.54. The lowest BCUT2D eigenvalue weighted by atomic mass is 10.1. The van der Waals surface area contributed by atoms with Gasteiger partial charge in [0.25, 0.3) is 5.91 Å². The first-order valence-electron chi connectivity index (χ1n) is 11.7. The number of benzene rings is 1. The zero-order chi connectivity index (χ0) is 22.8. The summed E-state index contributed by atoms with van der Waals surface area (Å²) in [4.78, 5) is 39.3. The van der Waals surface area contributed by atoms with Crippen LogP contribution in [0.25, 0.3) is 0 Å². The van der Waals surface area contributed by atoms with E-state index in [4.69, 9.17) is 14.2 Å². The Bertz CT molecular complexity index is 760. The first-order chi connectivity index (χ1) is 15.6.